The second kappa shape index (κ2) is 6.07. The molecule has 0 radical (unpaired) electrons. The fourth-order valence-electron chi connectivity index (χ4n) is 3.44. The quantitative estimate of drug-likeness (QED) is 0.532. The highest BCUT2D eigenvalue weighted by molar-refractivity contribution is 7.18. The SMILES string of the molecule is CC1CCc2c(sc3ncn(Cc4cccc([N+](=O)[O-])c4)c(=O)c23)C1. The van der Waals surface area contributed by atoms with E-state index in [0.717, 1.165) is 40.6 Å². The molecule has 1 aliphatic rings. The minimum Gasteiger partial charge on any atom is -0.294 e. The molecule has 0 amide bonds. The number of non-ortho nitro benzene ring substituents is 1. The molecule has 0 saturated heterocycles. The maximum atomic E-state index is 13.0. The van der Waals surface area contributed by atoms with Gasteiger partial charge in [0.05, 0.1) is 23.2 Å². The monoisotopic (exact) mass is 355 g/mol. The van der Waals surface area contributed by atoms with Crippen molar-refractivity contribution in [3.05, 3.63) is 67.1 Å². The summed E-state index contributed by atoms with van der Waals surface area (Å²) in [5.41, 5.74) is 1.85. The van der Waals surface area contributed by atoms with E-state index in [1.807, 2.05) is 0 Å². The largest absolute Gasteiger partial charge is 0.294 e. The molecule has 2 heterocycles. The van der Waals surface area contributed by atoms with Crippen LogP contribution >= 0.6 is 11.3 Å². The van der Waals surface area contributed by atoms with Gasteiger partial charge in [0, 0.05) is 17.0 Å². The van der Waals surface area contributed by atoms with Gasteiger partial charge in [0.2, 0.25) is 0 Å². The van der Waals surface area contributed by atoms with Gasteiger partial charge in [-0.1, -0.05) is 19.1 Å². The number of nitro benzene ring substituents is 1. The van der Waals surface area contributed by atoms with Crippen LogP contribution in [0.4, 0.5) is 5.69 Å². The summed E-state index contributed by atoms with van der Waals surface area (Å²) >= 11 is 1.63. The molecule has 7 heteroatoms. The number of hydrogen-bond acceptors (Lipinski definition) is 5. The molecule has 0 saturated carbocycles. The van der Waals surface area contributed by atoms with E-state index in [-0.39, 0.29) is 17.8 Å². The Morgan fingerprint density at radius 2 is 2.28 bits per heavy atom. The average Bonchev–Trinajstić information content (AvgIpc) is 2.95. The Kier molecular flexibility index (Phi) is 3.88. The second-order valence-electron chi connectivity index (χ2n) is 6.64. The van der Waals surface area contributed by atoms with Crippen molar-refractivity contribution in [1.82, 2.24) is 9.55 Å². The van der Waals surface area contributed by atoms with Crippen molar-refractivity contribution >= 4 is 27.2 Å². The lowest BCUT2D eigenvalue weighted by atomic mass is 9.89. The van der Waals surface area contributed by atoms with E-state index in [2.05, 4.69) is 11.9 Å². The van der Waals surface area contributed by atoms with Gasteiger partial charge in [-0.2, -0.15) is 0 Å². The number of benzene rings is 1. The van der Waals surface area contributed by atoms with Crippen LogP contribution in [0, 0.1) is 16.0 Å². The minimum atomic E-state index is -0.426. The number of thiophene rings is 1. The number of fused-ring (bicyclic) bond motifs is 3. The minimum absolute atomic E-state index is 0.0292. The molecule has 0 aliphatic heterocycles. The second-order valence-corrected chi connectivity index (χ2v) is 7.72. The first kappa shape index (κ1) is 16.0. The summed E-state index contributed by atoms with van der Waals surface area (Å²) in [5, 5.41) is 11.7. The Hall–Kier alpha value is -2.54. The van der Waals surface area contributed by atoms with Crippen molar-refractivity contribution < 1.29 is 4.92 Å². The van der Waals surface area contributed by atoms with Crippen LogP contribution in [-0.2, 0) is 19.4 Å². The maximum absolute atomic E-state index is 13.0. The highest BCUT2D eigenvalue weighted by Gasteiger charge is 2.23. The van der Waals surface area contributed by atoms with Gasteiger partial charge in [0.25, 0.3) is 11.2 Å². The summed E-state index contributed by atoms with van der Waals surface area (Å²) in [7, 11) is 0. The summed E-state index contributed by atoms with van der Waals surface area (Å²) < 4.78 is 1.55. The Morgan fingerprint density at radius 3 is 3.08 bits per heavy atom. The lowest BCUT2D eigenvalue weighted by molar-refractivity contribution is -0.384. The van der Waals surface area contributed by atoms with Crippen molar-refractivity contribution in [3.63, 3.8) is 0 Å². The zero-order valence-corrected chi connectivity index (χ0v) is 14.6. The van der Waals surface area contributed by atoms with Crippen molar-refractivity contribution in [3.8, 4) is 0 Å². The molecule has 3 aromatic rings. The molecule has 6 nitrogen and oxygen atoms in total. The highest BCUT2D eigenvalue weighted by Crippen LogP contribution is 2.35. The van der Waals surface area contributed by atoms with Crippen LogP contribution < -0.4 is 5.56 Å². The molecule has 1 aliphatic carbocycles. The Labute approximate surface area is 147 Å². The number of aromatic nitrogens is 2. The lowest BCUT2D eigenvalue weighted by Gasteiger charge is -2.17. The molecule has 2 aromatic heterocycles. The third-order valence-corrected chi connectivity index (χ3v) is 5.92. The first-order valence-electron chi connectivity index (χ1n) is 8.26. The van der Waals surface area contributed by atoms with Crippen LogP contribution in [0.15, 0.2) is 35.4 Å². The summed E-state index contributed by atoms with van der Waals surface area (Å²) in [4.78, 5) is 30.0. The van der Waals surface area contributed by atoms with E-state index in [9.17, 15) is 14.9 Å². The van der Waals surface area contributed by atoms with Gasteiger partial charge < -0.3 is 0 Å². The number of rotatable bonds is 3. The molecule has 0 fully saturated rings. The number of nitro groups is 1. The molecular weight excluding hydrogens is 338 g/mol. The summed E-state index contributed by atoms with van der Waals surface area (Å²) in [6.45, 7) is 2.52. The Morgan fingerprint density at radius 1 is 1.44 bits per heavy atom. The molecule has 25 heavy (non-hydrogen) atoms. The molecule has 0 bridgehead atoms. The summed E-state index contributed by atoms with van der Waals surface area (Å²) in [5.74, 6) is 0.646. The van der Waals surface area contributed by atoms with Crippen molar-refractivity contribution in [1.29, 1.82) is 0 Å². The number of nitrogens with zero attached hydrogens (tertiary/aromatic N) is 3. The molecule has 1 atom stereocenters. The zero-order chi connectivity index (χ0) is 17.6. The maximum Gasteiger partial charge on any atom is 0.269 e. The van der Waals surface area contributed by atoms with Gasteiger partial charge in [-0.15, -0.1) is 11.3 Å². The van der Waals surface area contributed by atoms with E-state index < -0.39 is 4.92 Å². The molecular formula is C18H17N3O3S. The smallest absolute Gasteiger partial charge is 0.269 e. The van der Waals surface area contributed by atoms with Gasteiger partial charge in [0.1, 0.15) is 4.83 Å². The molecule has 1 unspecified atom stereocenters. The van der Waals surface area contributed by atoms with Crippen molar-refractivity contribution in [2.45, 2.75) is 32.7 Å². The van der Waals surface area contributed by atoms with Crippen LogP contribution in [-0.4, -0.2) is 14.5 Å². The van der Waals surface area contributed by atoms with Crippen LogP contribution in [0.5, 0.6) is 0 Å². The molecule has 4 rings (SSSR count). The van der Waals surface area contributed by atoms with Gasteiger partial charge in [-0.05, 0) is 36.3 Å². The van der Waals surface area contributed by atoms with Gasteiger partial charge in [-0.25, -0.2) is 4.98 Å². The first-order chi connectivity index (χ1) is 12.0. The van der Waals surface area contributed by atoms with Gasteiger partial charge in [-0.3, -0.25) is 19.5 Å². The van der Waals surface area contributed by atoms with E-state index in [1.165, 1.54) is 17.0 Å². The van der Waals surface area contributed by atoms with Crippen LogP contribution in [0.3, 0.4) is 0 Å². The van der Waals surface area contributed by atoms with Crippen LogP contribution in [0.1, 0.15) is 29.3 Å². The molecule has 1 aromatic carbocycles. The van der Waals surface area contributed by atoms with E-state index >= 15 is 0 Å². The molecule has 0 spiro atoms. The third-order valence-electron chi connectivity index (χ3n) is 4.76. The highest BCUT2D eigenvalue weighted by atomic mass is 32.1. The normalized spacial score (nSPS) is 16.8. The van der Waals surface area contributed by atoms with Gasteiger partial charge in [0.15, 0.2) is 0 Å². The van der Waals surface area contributed by atoms with E-state index in [4.69, 9.17) is 0 Å². The average molecular weight is 355 g/mol. The van der Waals surface area contributed by atoms with E-state index in [1.54, 1.807) is 34.4 Å². The van der Waals surface area contributed by atoms with Gasteiger partial charge >= 0.3 is 0 Å². The van der Waals surface area contributed by atoms with Crippen molar-refractivity contribution in [2.75, 3.05) is 0 Å². The predicted molar refractivity (Wildman–Crippen MR) is 97.3 cm³/mol. The summed E-state index contributed by atoms with van der Waals surface area (Å²) in [6, 6.07) is 6.37. The van der Waals surface area contributed by atoms with E-state index in [0.29, 0.717) is 5.92 Å². The number of hydrogen-bond donors (Lipinski definition) is 0. The molecule has 0 N–H and O–H groups in total. The topological polar surface area (TPSA) is 78.0 Å². The first-order valence-corrected chi connectivity index (χ1v) is 9.07. The fraction of sp³-hybridized carbons (Fsp3) is 0.333. The van der Waals surface area contributed by atoms with Crippen LogP contribution in [0.2, 0.25) is 0 Å². The summed E-state index contributed by atoms with van der Waals surface area (Å²) in [6.07, 6.45) is 4.59. The fourth-order valence-corrected chi connectivity index (χ4v) is 4.78. The predicted octanol–water partition coefficient (Wildman–Crippen LogP) is 3.54. The van der Waals surface area contributed by atoms with Crippen molar-refractivity contribution in [2.24, 2.45) is 5.92 Å². The third kappa shape index (κ3) is 2.84. The number of aryl methyl sites for hydroxylation is 1. The standard InChI is InChI=1S/C18H17N3O3S/c1-11-5-6-14-15(7-11)25-17-16(14)18(22)20(10-19-17)9-12-3-2-4-13(8-12)21(23)24/h2-4,8,10-11H,5-7,9H2,1H3. The Bertz CT molecular complexity index is 1040. The lowest BCUT2D eigenvalue weighted by Crippen LogP contribution is -2.22. The zero-order valence-electron chi connectivity index (χ0n) is 13.8. The Balaban J connectivity index is 1.76. The molecule has 128 valence electrons. The van der Waals surface area contributed by atoms with Crippen LogP contribution in [0.25, 0.3) is 10.2 Å².